The molecule has 0 aliphatic heterocycles. The van der Waals surface area contributed by atoms with E-state index >= 15 is 0 Å². The van der Waals surface area contributed by atoms with E-state index in [0.717, 1.165) is 5.56 Å². The molecule has 2 aromatic rings. The molecule has 0 aliphatic carbocycles. The van der Waals surface area contributed by atoms with Gasteiger partial charge in [0.25, 0.3) is 5.91 Å². The summed E-state index contributed by atoms with van der Waals surface area (Å²) in [4.78, 5) is 13.9. The van der Waals surface area contributed by atoms with Crippen molar-refractivity contribution >= 4 is 29.1 Å². The smallest absolute Gasteiger partial charge is 0.255 e. The second-order valence-electron chi connectivity index (χ2n) is 4.25. The first-order valence-electron chi connectivity index (χ1n) is 5.83. The fourth-order valence-corrected chi connectivity index (χ4v) is 2.19. The predicted octanol–water partition coefficient (Wildman–Crippen LogP) is 4.27. The molecule has 4 heteroatoms. The van der Waals surface area contributed by atoms with E-state index < -0.39 is 0 Å². The van der Waals surface area contributed by atoms with Crippen LogP contribution in [0.25, 0.3) is 0 Å². The molecule has 0 saturated carbocycles. The Labute approximate surface area is 122 Å². The lowest BCUT2D eigenvalue weighted by Crippen LogP contribution is -2.26. The fraction of sp³-hybridized carbons (Fsp3) is 0.133. The highest BCUT2D eigenvalue weighted by molar-refractivity contribution is 6.43. The van der Waals surface area contributed by atoms with Gasteiger partial charge in [-0.15, -0.1) is 0 Å². The van der Waals surface area contributed by atoms with Gasteiger partial charge in [0, 0.05) is 13.6 Å². The van der Waals surface area contributed by atoms with Crippen LogP contribution in [0.3, 0.4) is 0 Å². The maximum Gasteiger partial charge on any atom is 0.255 e. The monoisotopic (exact) mass is 293 g/mol. The van der Waals surface area contributed by atoms with Gasteiger partial charge in [-0.05, 0) is 17.7 Å². The summed E-state index contributed by atoms with van der Waals surface area (Å²) in [6.45, 7) is 0.530. The number of halogens is 2. The van der Waals surface area contributed by atoms with Crippen LogP contribution in [0.1, 0.15) is 15.9 Å². The highest BCUT2D eigenvalue weighted by Crippen LogP contribution is 2.26. The number of amides is 1. The van der Waals surface area contributed by atoms with Crippen LogP contribution in [0.15, 0.2) is 48.5 Å². The van der Waals surface area contributed by atoms with Crippen LogP contribution in [-0.2, 0) is 6.54 Å². The molecule has 0 N–H and O–H groups in total. The highest BCUT2D eigenvalue weighted by Gasteiger charge is 2.16. The first-order chi connectivity index (χ1) is 9.09. The van der Waals surface area contributed by atoms with Crippen LogP contribution in [-0.4, -0.2) is 17.9 Å². The van der Waals surface area contributed by atoms with Crippen LogP contribution in [0.4, 0.5) is 0 Å². The number of hydrogen-bond donors (Lipinski definition) is 0. The topological polar surface area (TPSA) is 20.3 Å². The second kappa shape index (κ2) is 6.09. The summed E-state index contributed by atoms with van der Waals surface area (Å²) in [5.74, 6) is -0.142. The number of carbonyl (C=O) groups excluding carboxylic acids is 1. The lowest BCUT2D eigenvalue weighted by molar-refractivity contribution is 0.0785. The van der Waals surface area contributed by atoms with Gasteiger partial charge in [-0.3, -0.25) is 4.79 Å². The highest BCUT2D eigenvalue weighted by atomic mass is 35.5. The van der Waals surface area contributed by atoms with Crippen molar-refractivity contribution in [2.45, 2.75) is 6.54 Å². The molecule has 0 radical (unpaired) electrons. The van der Waals surface area contributed by atoms with E-state index in [1.54, 1.807) is 30.1 Å². The Kier molecular flexibility index (Phi) is 4.46. The number of nitrogens with zero attached hydrogens (tertiary/aromatic N) is 1. The third kappa shape index (κ3) is 3.28. The minimum Gasteiger partial charge on any atom is -0.337 e. The van der Waals surface area contributed by atoms with Crippen molar-refractivity contribution in [2.75, 3.05) is 7.05 Å². The fourth-order valence-electron chi connectivity index (χ4n) is 1.80. The molecule has 1 amide bonds. The SMILES string of the molecule is CN(Cc1ccccc1)C(=O)c1cccc(Cl)c1Cl. The first-order valence-corrected chi connectivity index (χ1v) is 6.58. The third-order valence-electron chi connectivity index (χ3n) is 2.79. The molecule has 0 heterocycles. The van der Waals surface area contributed by atoms with Gasteiger partial charge in [-0.1, -0.05) is 59.6 Å². The maximum absolute atomic E-state index is 12.3. The predicted molar refractivity (Wildman–Crippen MR) is 78.7 cm³/mol. The Hall–Kier alpha value is -1.51. The van der Waals surface area contributed by atoms with Crippen molar-refractivity contribution < 1.29 is 4.79 Å². The molecular formula is C15H13Cl2NO. The molecule has 98 valence electrons. The average Bonchev–Trinajstić information content (AvgIpc) is 2.42. The van der Waals surface area contributed by atoms with E-state index in [9.17, 15) is 4.79 Å². The van der Waals surface area contributed by atoms with Crippen LogP contribution in [0.5, 0.6) is 0 Å². The summed E-state index contributed by atoms with van der Waals surface area (Å²) >= 11 is 12.0. The molecule has 0 atom stereocenters. The Morgan fingerprint density at radius 2 is 1.74 bits per heavy atom. The van der Waals surface area contributed by atoms with Gasteiger partial charge in [-0.25, -0.2) is 0 Å². The minimum atomic E-state index is -0.142. The number of rotatable bonds is 3. The summed E-state index contributed by atoms with van der Waals surface area (Å²) in [7, 11) is 1.74. The van der Waals surface area contributed by atoms with Gasteiger partial charge in [0.05, 0.1) is 15.6 Å². The zero-order valence-electron chi connectivity index (χ0n) is 10.4. The first kappa shape index (κ1) is 13.9. The van der Waals surface area contributed by atoms with Crippen LogP contribution in [0.2, 0.25) is 10.0 Å². The average molecular weight is 294 g/mol. The van der Waals surface area contributed by atoms with E-state index in [1.165, 1.54) is 0 Å². The molecule has 0 aromatic heterocycles. The minimum absolute atomic E-state index is 0.142. The maximum atomic E-state index is 12.3. The molecule has 19 heavy (non-hydrogen) atoms. The molecule has 2 aromatic carbocycles. The quantitative estimate of drug-likeness (QED) is 0.828. The van der Waals surface area contributed by atoms with E-state index in [2.05, 4.69) is 0 Å². The Bertz CT molecular complexity index is 584. The molecule has 2 nitrogen and oxygen atoms in total. The van der Waals surface area contributed by atoms with E-state index in [0.29, 0.717) is 22.2 Å². The van der Waals surface area contributed by atoms with Crippen molar-refractivity contribution in [1.29, 1.82) is 0 Å². The summed E-state index contributed by atoms with van der Waals surface area (Å²) in [6, 6.07) is 14.8. The molecule has 0 unspecified atom stereocenters. The largest absolute Gasteiger partial charge is 0.337 e. The van der Waals surface area contributed by atoms with Gasteiger partial charge >= 0.3 is 0 Å². The molecule has 0 saturated heterocycles. The number of carbonyl (C=O) groups is 1. The summed E-state index contributed by atoms with van der Waals surface area (Å²) < 4.78 is 0. The lowest BCUT2D eigenvalue weighted by atomic mass is 10.1. The Morgan fingerprint density at radius 1 is 1.05 bits per heavy atom. The van der Waals surface area contributed by atoms with Gasteiger partial charge in [0.15, 0.2) is 0 Å². The summed E-state index contributed by atoms with van der Waals surface area (Å²) in [6.07, 6.45) is 0. The van der Waals surface area contributed by atoms with Crippen molar-refractivity contribution in [3.05, 3.63) is 69.7 Å². The van der Waals surface area contributed by atoms with Gasteiger partial charge in [-0.2, -0.15) is 0 Å². The molecule has 0 spiro atoms. The van der Waals surface area contributed by atoms with Crippen molar-refractivity contribution in [2.24, 2.45) is 0 Å². The zero-order chi connectivity index (χ0) is 13.8. The third-order valence-corrected chi connectivity index (χ3v) is 3.61. The van der Waals surface area contributed by atoms with Gasteiger partial charge < -0.3 is 4.90 Å². The normalized spacial score (nSPS) is 10.3. The van der Waals surface area contributed by atoms with Crippen LogP contribution >= 0.6 is 23.2 Å². The van der Waals surface area contributed by atoms with E-state index in [-0.39, 0.29) is 5.91 Å². The standard InChI is InChI=1S/C15H13Cl2NO/c1-18(10-11-6-3-2-4-7-11)15(19)12-8-5-9-13(16)14(12)17/h2-9H,10H2,1H3. The lowest BCUT2D eigenvalue weighted by Gasteiger charge is -2.18. The zero-order valence-corrected chi connectivity index (χ0v) is 11.9. The van der Waals surface area contributed by atoms with Crippen molar-refractivity contribution in [3.63, 3.8) is 0 Å². The van der Waals surface area contributed by atoms with E-state index in [1.807, 2.05) is 30.3 Å². The van der Waals surface area contributed by atoms with Crippen LogP contribution in [0, 0.1) is 0 Å². The molecule has 0 fully saturated rings. The summed E-state index contributed by atoms with van der Waals surface area (Å²) in [5, 5.41) is 0.690. The summed E-state index contributed by atoms with van der Waals surface area (Å²) in [5.41, 5.74) is 1.49. The molecular weight excluding hydrogens is 281 g/mol. The van der Waals surface area contributed by atoms with E-state index in [4.69, 9.17) is 23.2 Å². The van der Waals surface area contributed by atoms with Crippen LogP contribution < -0.4 is 0 Å². The molecule has 2 rings (SSSR count). The molecule has 0 bridgehead atoms. The van der Waals surface area contributed by atoms with Gasteiger partial charge in [0.2, 0.25) is 0 Å². The van der Waals surface area contributed by atoms with Crippen molar-refractivity contribution in [3.8, 4) is 0 Å². The Morgan fingerprint density at radius 3 is 2.42 bits per heavy atom. The number of benzene rings is 2. The molecule has 0 aliphatic rings. The number of hydrogen-bond acceptors (Lipinski definition) is 1. The second-order valence-corrected chi connectivity index (χ2v) is 5.03. The Balaban J connectivity index is 2.18. The van der Waals surface area contributed by atoms with Gasteiger partial charge in [0.1, 0.15) is 0 Å². The van der Waals surface area contributed by atoms with Crippen molar-refractivity contribution in [1.82, 2.24) is 4.90 Å².